The van der Waals surface area contributed by atoms with Crippen LogP contribution in [0.4, 0.5) is 30.7 Å². The average Bonchev–Trinajstić information content (AvgIpc) is 3.73. The SMILES string of the molecule is CCCC1C(C(=O)N2CCC(C#N)(c3cccc(F)c3OCCC3(C(=O)O)CCC3)CC2)CCCN1C(=O)c1ncccc1C(F)(F)F.CF.OCc1csc(C(F)F)c1. The van der Waals surface area contributed by atoms with Crippen LogP contribution < -0.4 is 4.74 Å². The number of amides is 2. The number of hydrogen-bond acceptors (Lipinski definition) is 8. The van der Waals surface area contributed by atoms with Crippen molar-refractivity contribution in [2.45, 2.75) is 102 Å². The number of aliphatic hydroxyl groups is 1. The molecule has 1 aromatic carbocycles. The lowest BCUT2D eigenvalue weighted by Gasteiger charge is -2.44. The van der Waals surface area contributed by atoms with E-state index in [1.54, 1.807) is 11.0 Å². The van der Waals surface area contributed by atoms with E-state index < -0.39 is 64.3 Å². The summed E-state index contributed by atoms with van der Waals surface area (Å²) in [6, 6.07) is 9.34. The van der Waals surface area contributed by atoms with E-state index in [-0.39, 0.29) is 68.6 Å². The number of pyridine rings is 1. The highest BCUT2D eigenvalue weighted by molar-refractivity contribution is 7.10. The molecule has 3 fully saturated rings. The zero-order chi connectivity index (χ0) is 44.3. The topological polar surface area (TPSA) is 144 Å². The first-order valence-electron chi connectivity index (χ1n) is 19.6. The summed E-state index contributed by atoms with van der Waals surface area (Å²) >= 11 is 0.972. The number of thiophene rings is 1. The first-order valence-corrected chi connectivity index (χ1v) is 20.5. The molecule has 0 radical (unpaired) electrons. The van der Waals surface area contributed by atoms with Crippen molar-refractivity contribution in [2.24, 2.45) is 11.3 Å². The van der Waals surface area contributed by atoms with Gasteiger partial charge in [-0.15, -0.1) is 11.3 Å². The molecule has 0 bridgehead atoms. The number of hydrogen-bond donors (Lipinski definition) is 2. The summed E-state index contributed by atoms with van der Waals surface area (Å²) in [6.07, 6.45) is -1.67. The van der Waals surface area contributed by atoms with Gasteiger partial charge in [-0.25, -0.2) is 13.2 Å². The van der Waals surface area contributed by atoms with Crippen molar-refractivity contribution in [2.75, 3.05) is 33.4 Å². The number of carbonyl (C=O) groups is 3. The lowest BCUT2D eigenvalue weighted by molar-refractivity contribution is -0.155. The van der Waals surface area contributed by atoms with Crippen LogP contribution >= 0.6 is 11.3 Å². The zero-order valence-corrected chi connectivity index (χ0v) is 34.1. The number of rotatable bonds is 12. The molecule has 6 rings (SSSR count). The molecule has 1 aliphatic carbocycles. The van der Waals surface area contributed by atoms with E-state index in [0.29, 0.717) is 56.8 Å². The number of piperidine rings is 2. The lowest BCUT2D eigenvalue weighted by atomic mass is 9.67. The Morgan fingerprint density at radius 1 is 1.07 bits per heavy atom. The summed E-state index contributed by atoms with van der Waals surface area (Å²) in [5.41, 5.74) is -2.94. The second-order valence-corrected chi connectivity index (χ2v) is 15.9. The quantitative estimate of drug-likeness (QED) is 0.172. The number of aliphatic hydroxyl groups excluding tert-OH is 1. The molecule has 2 N–H and O–H groups in total. The summed E-state index contributed by atoms with van der Waals surface area (Å²) in [6.45, 7) is 2.25. The second-order valence-electron chi connectivity index (χ2n) is 15.0. The van der Waals surface area contributed by atoms with Crippen LogP contribution in [-0.2, 0) is 27.8 Å². The molecule has 2 aromatic heterocycles. The lowest BCUT2D eigenvalue weighted by Crippen LogP contribution is -2.55. The van der Waals surface area contributed by atoms with Crippen molar-refractivity contribution in [3.8, 4) is 11.8 Å². The maximum Gasteiger partial charge on any atom is 0.418 e. The Balaban J connectivity index is 0.000000573. The van der Waals surface area contributed by atoms with E-state index >= 15 is 4.39 Å². The minimum absolute atomic E-state index is 0.0176. The number of carboxylic acid groups (broad SMARTS) is 1. The molecular weight excluding hydrogens is 822 g/mol. The van der Waals surface area contributed by atoms with E-state index in [1.807, 2.05) is 6.92 Å². The highest BCUT2D eigenvalue weighted by Crippen LogP contribution is 2.46. The molecule has 0 spiro atoms. The number of carbonyl (C=O) groups excluding carboxylic acids is 2. The molecule has 4 heterocycles. The van der Waals surface area contributed by atoms with Gasteiger partial charge in [0.25, 0.3) is 12.3 Å². The van der Waals surface area contributed by atoms with Gasteiger partial charge in [0.1, 0.15) is 5.69 Å². The third-order valence-electron chi connectivity index (χ3n) is 11.5. The molecule has 60 heavy (non-hydrogen) atoms. The van der Waals surface area contributed by atoms with Gasteiger partial charge in [0.15, 0.2) is 11.6 Å². The maximum atomic E-state index is 15.1. The van der Waals surface area contributed by atoms with Crippen LogP contribution in [-0.4, -0.2) is 82.2 Å². The largest absolute Gasteiger partial charge is 0.490 e. The smallest absolute Gasteiger partial charge is 0.418 e. The highest BCUT2D eigenvalue weighted by atomic mass is 32.1. The number of aliphatic carboxylic acids is 1. The average molecular weight is 871 g/mol. The van der Waals surface area contributed by atoms with E-state index in [0.717, 1.165) is 36.1 Å². The van der Waals surface area contributed by atoms with Gasteiger partial charge in [0.05, 0.1) is 53.6 Å². The van der Waals surface area contributed by atoms with Crippen LogP contribution in [0.15, 0.2) is 48.0 Å². The van der Waals surface area contributed by atoms with Gasteiger partial charge in [-0.2, -0.15) is 18.4 Å². The van der Waals surface area contributed by atoms with Gasteiger partial charge in [0.2, 0.25) is 5.91 Å². The van der Waals surface area contributed by atoms with Gasteiger partial charge >= 0.3 is 12.1 Å². The Morgan fingerprint density at radius 2 is 1.77 bits per heavy atom. The van der Waals surface area contributed by atoms with E-state index in [4.69, 9.17) is 9.84 Å². The fourth-order valence-electron chi connectivity index (χ4n) is 8.12. The van der Waals surface area contributed by atoms with Crippen LogP contribution in [0.5, 0.6) is 5.75 Å². The standard InChI is InChI=1S/C35H40F4N4O5.C6H6F2OS.CH3F/c1-2-7-27-23(8-5-18-43(27)31(45)28-24(35(37,38)39)10-4-17-41-28)30(44)42-19-14-34(22-40,15-20-42)25-9-3-11-26(36)29(25)48-21-16-33(32(46)47)12-6-13-33;7-6(8)5-1-4(2-9)3-10-5;1-2/h3-4,9-11,17,23,27H,2,5-8,12-16,18-21H2,1H3,(H,46,47);1,3,6,9H,2H2;1H3. The zero-order valence-electron chi connectivity index (χ0n) is 33.3. The fourth-order valence-corrected chi connectivity index (χ4v) is 8.87. The Labute approximate surface area is 348 Å². The summed E-state index contributed by atoms with van der Waals surface area (Å²) in [4.78, 5) is 46.2. The Morgan fingerprint density at radius 3 is 2.30 bits per heavy atom. The van der Waals surface area contributed by atoms with Crippen LogP contribution in [0.1, 0.15) is 110 Å². The number of ether oxygens (including phenoxy) is 1. The van der Waals surface area contributed by atoms with Gasteiger partial charge in [0, 0.05) is 37.4 Å². The highest BCUT2D eigenvalue weighted by Gasteiger charge is 2.47. The van der Waals surface area contributed by atoms with Crippen molar-refractivity contribution in [3.63, 3.8) is 0 Å². The molecule has 328 valence electrons. The predicted molar refractivity (Wildman–Crippen MR) is 207 cm³/mol. The Kier molecular flexibility index (Phi) is 16.9. The number of likely N-dealkylation sites (tertiary alicyclic amines) is 2. The Bertz CT molecular complexity index is 1960. The van der Waals surface area contributed by atoms with E-state index in [2.05, 4.69) is 11.1 Å². The first kappa shape index (κ1) is 47.9. The minimum atomic E-state index is -4.77. The molecule has 2 unspecified atom stereocenters. The predicted octanol–water partition coefficient (Wildman–Crippen LogP) is 9.13. The van der Waals surface area contributed by atoms with Crippen LogP contribution in [0, 0.1) is 28.5 Å². The van der Waals surface area contributed by atoms with E-state index in [1.165, 1.54) is 28.5 Å². The Hall–Kier alpha value is -4.76. The van der Waals surface area contributed by atoms with Crippen molar-refractivity contribution >= 4 is 29.1 Å². The van der Waals surface area contributed by atoms with Crippen molar-refractivity contribution in [1.29, 1.82) is 5.26 Å². The van der Waals surface area contributed by atoms with Crippen molar-refractivity contribution in [3.05, 3.63) is 81.1 Å². The number of para-hydroxylation sites is 1. The molecule has 2 atom stereocenters. The summed E-state index contributed by atoms with van der Waals surface area (Å²) < 4.78 is 95.4. The van der Waals surface area contributed by atoms with Crippen molar-refractivity contribution in [1.82, 2.24) is 14.8 Å². The van der Waals surface area contributed by atoms with E-state index in [9.17, 15) is 51.1 Å². The molecule has 1 saturated carbocycles. The molecule has 3 aromatic rings. The molecule has 3 aliphatic rings. The minimum Gasteiger partial charge on any atom is -0.490 e. The third-order valence-corrected chi connectivity index (χ3v) is 12.5. The number of alkyl halides is 6. The second kappa shape index (κ2) is 21.2. The van der Waals surface area contributed by atoms with Gasteiger partial charge < -0.3 is 24.7 Å². The number of nitrogens with zero attached hydrogens (tertiary/aromatic N) is 4. The molecule has 2 aliphatic heterocycles. The normalized spacial score (nSPS) is 19.4. The molecular formula is C42H49F7N4O6S. The molecule has 2 saturated heterocycles. The van der Waals surface area contributed by atoms with Gasteiger partial charge in [-0.05, 0) is 86.6 Å². The number of nitriles is 1. The monoisotopic (exact) mass is 870 g/mol. The number of halogens is 7. The first-order chi connectivity index (χ1) is 28.6. The maximum absolute atomic E-state index is 15.1. The number of carboxylic acids is 1. The molecule has 10 nitrogen and oxygen atoms in total. The summed E-state index contributed by atoms with van der Waals surface area (Å²) in [7, 11) is 0.500. The van der Waals surface area contributed by atoms with Crippen molar-refractivity contribution < 1.29 is 60.1 Å². The van der Waals surface area contributed by atoms with Gasteiger partial charge in [-0.1, -0.05) is 31.9 Å². The third kappa shape index (κ3) is 10.8. The van der Waals surface area contributed by atoms with Crippen LogP contribution in [0.25, 0.3) is 0 Å². The molecule has 2 amide bonds. The van der Waals surface area contributed by atoms with Crippen LogP contribution in [0.3, 0.4) is 0 Å². The molecule has 18 heteroatoms. The number of benzene rings is 1. The number of aromatic nitrogens is 1. The van der Waals surface area contributed by atoms with Gasteiger partial charge in [-0.3, -0.25) is 23.8 Å². The summed E-state index contributed by atoms with van der Waals surface area (Å²) in [5.74, 6) is -3.37. The van der Waals surface area contributed by atoms with Crippen LogP contribution in [0.2, 0.25) is 0 Å². The fraction of sp³-hybridized carbons (Fsp3) is 0.548. The summed E-state index contributed by atoms with van der Waals surface area (Å²) in [5, 5.41) is 30.1.